The third-order valence-corrected chi connectivity index (χ3v) is 1.58. The number of nitrogens with one attached hydrogen (secondary N) is 1. The molecular formula is C8H12N4O. The van der Waals surface area contributed by atoms with E-state index in [2.05, 4.69) is 15.5 Å². The van der Waals surface area contributed by atoms with Crippen LogP contribution in [0.25, 0.3) is 0 Å². The first-order chi connectivity index (χ1) is 6.11. The molecule has 0 unspecified atom stereocenters. The monoisotopic (exact) mass is 180 g/mol. The molecule has 0 aliphatic rings. The Morgan fingerprint density at radius 2 is 2.00 bits per heavy atom. The predicted octanol–water partition coefficient (Wildman–Crippen LogP) is 0.879. The van der Waals surface area contributed by atoms with Crippen molar-refractivity contribution in [2.24, 2.45) is 0 Å². The van der Waals surface area contributed by atoms with Crippen LogP contribution in [0.2, 0.25) is 0 Å². The zero-order valence-electron chi connectivity index (χ0n) is 7.90. The molecule has 2 amide bonds. The van der Waals surface area contributed by atoms with E-state index in [0.717, 1.165) is 5.56 Å². The summed E-state index contributed by atoms with van der Waals surface area (Å²) in [6.07, 6.45) is 3.13. The fraction of sp³-hybridized carbons (Fsp3) is 0.375. The molecule has 0 bridgehead atoms. The van der Waals surface area contributed by atoms with Gasteiger partial charge in [-0.05, 0) is 12.5 Å². The number of anilines is 1. The van der Waals surface area contributed by atoms with Crippen LogP contribution in [0.3, 0.4) is 0 Å². The van der Waals surface area contributed by atoms with Crippen molar-refractivity contribution in [2.45, 2.75) is 6.92 Å². The van der Waals surface area contributed by atoms with E-state index in [0.29, 0.717) is 5.69 Å². The molecule has 5 nitrogen and oxygen atoms in total. The van der Waals surface area contributed by atoms with Crippen LogP contribution >= 0.6 is 0 Å². The Kier molecular flexibility index (Phi) is 2.79. The Morgan fingerprint density at radius 3 is 2.54 bits per heavy atom. The molecule has 5 heteroatoms. The maximum atomic E-state index is 11.2. The van der Waals surface area contributed by atoms with Gasteiger partial charge in [-0.2, -0.15) is 10.2 Å². The molecule has 0 spiro atoms. The Morgan fingerprint density at radius 1 is 1.38 bits per heavy atom. The first kappa shape index (κ1) is 9.44. The minimum absolute atomic E-state index is 0.170. The fourth-order valence-electron chi connectivity index (χ4n) is 0.740. The van der Waals surface area contributed by atoms with Gasteiger partial charge in [-0.3, -0.25) is 0 Å². The van der Waals surface area contributed by atoms with Crippen LogP contribution in [-0.4, -0.2) is 35.2 Å². The summed E-state index contributed by atoms with van der Waals surface area (Å²) in [5, 5.41) is 10.1. The highest BCUT2D eigenvalue weighted by molar-refractivity contribution is 5.89. The van der Waals surface area contributed by atoms with E-state index in [1.54, 1.807) is 20.3 Å². The van der Waals surface area contributed by atoms with Gasteiger partial charge in [0.2, 0.25) is 0 Å². The number of aromatic nitrogens is 2. The molecule has 1 heterocycles. The predicted molar refractivity (Wildman–Crippen MR) is 49.5 cm³/mol. The van der Waals surface area contributed by atoms with Crippen LogP contribution in [0.5, 0.6) is 0 Å². The fourth-order valence-corrected chi connectivity index (χ4v) is 0.740. The van der Waals surface area contributed by atoms with Gasteiger partial charge in [0.05, 0.1) is 18.1 Å². The Balaban J connectivity index is 2.75. The van der Waals surface area contributed by atoms with Crippen molar-refractivity contribution < 1.29 is 4.79 Å². The van der Waals surface area contributed by atoms with Crippen LogP contribution in [0, 0.1) is 6.92 Å². The Bertz CT molecular complexity index is 311. The zero-order chi connectivity index (χ0) is 9.84. The molecule has 13 heavy (non-hydrogen) atoms. The van der Waals surface area contributed by atoms with Crippen LogP contribution in [0.15, 0.2) is 12.4 Å². The van der Waals surface area contributed by atoms with E-state index >= 15 is 0 Å². The summed E-state index contributed by atoms with van der Waals surface area (Å²) in [4.78, 5) is 12.7. The molecule has 0 fully saturated rings. The van der Waals surface area contributed by atoms with Crippen molar-refractivity contribution in [3.05, 3.63) is 18.0 Å². The number of nitrogens with zero attached hydrogens (tertiary/aromatic N) is 3. The lowest BCUT2D eigenvalue weighted by Gasteiger charge is -2.12. The van der Waals surface area contributed by atoms with Crippen molar-refractivity contribution in [2.75, 3.05) is 19.4 Å². The highest BCUT2D eigenvalue weighted by Crippen LogP contribution is 2.09. The van der Waals surface area contributed by atoms with Crippen molar-refractivity contribution in [3.63, 3.8) is 0 Å². The van der Waals surface area contributed by atoms with Crippen molar-refractivity contribution in [1.29, 1.82) is 0 Å². The molecule has 0 atom stereocenters. The number of aryl methyl sites for hydroxylation is 1. The van der Waals surface area contributed by atoms with Gasteiger partial charge >= 0.3 is 6.03 Å². The SMILES string of the molecule is Cc1cnncc1NC(=O)N(C)C. The van der Waals surface area contributed by atoms with Crippen molar-refractivity contribution >= 4 is 11.7 Å². The lowest BCUT2D eigenvalue weighted by Crippen LogP contribution is -2.27. The number of amides is 2. The number of carbonyl (C=O) groups excluding carboxylic acids is 1. The lowest BCUT2D eigenvalue weighted by molar-refractivity contribution is 0.230. The Labute approximate surface area is 76.8 Å². The first-order valence-corrected chi connectivity index (χ1v) is 3.87. The van der Waals surface area contributed by atoms with Crippen molar-refractivity contribution in [3.8, 4) is 0 Å². The number of hydrogen-bond acceptors (Lipinski definition) is 3. The number of rotatable bonds is 1. The summed E-state index contributed by atoms with van der Waals surface area (Å²) in [5.41, 5.74) is 1.58. The average Bonchev–Trinajstić information content (AvgIpc) is 2.08. The summed E-state index contributed by atoms with van der Waals surface area (Å²) >= 11 is 0. The molecule has 1 N–H and O–H groups in total. The zero-order valence-corrected chi connectivity index (χ0v) is 7.90. The van der Waals surface area contributed by atoms with Crippen LogP contribution < -0.4 is 5.32 Å². The molecule has 0 saturated carbocycles. The number of hydrogen-bond donors (Lipinski definition) is 1. The minimum Gasteiger partial charge on any atom is -0.331 e. The largest absolute Gasteiger partial charge is 0.331 e. The van der Waals surface area contributed by atoms with Gasteiger partial charge in [0.15, 0.2) is 0 Å². The summed E-state index contributed by atoms with van der Waals surface area (Å²) in [5.74, 6) is 0. The molecule has 0 aromatic carbocycles. The van der Waals surface area contributed by atoms with Crippen LogP contribution in [0.4, 0.5) is 10.5 Å². The van der Waals surface area contributed by atoms with E-state index in [1.165, 1.54) is 11.1 Å². The summed E-state index contributed by atoms with van der Waals surface area (Å²) in [6.45, 7) is 1.86. The third-order valence-electron chi connectivity index (χ3n) is 1.58. The summed E-state index contributed by atoms with van der Waals surface area (Å²) in [6, 6.07) is -0.170. The topological polar surface area (TPSA) is 58.1 Å². The van der Waals surface area contributed by atoms with Gasteiger partial charge in [0.25, 0.3) is 0 Å². The molecule has 1 rings (SSSR count). The second kappa shape index (κ2) is 3.84. The summed E-state index contributed by atoms with van der Waals surface area (Å²) < 4.78 is 0. The standard InChI is InChI=1S/C8H12N4O/c1-6-4-9-10-5-7(6)11-8(13)12(2)3/h4-5H,1-3H3,(H,9,11,13). The van der Waals surface area contributed by atoms with E-state index in [9.17, 15) is 4.79 Å². The summed E-state index contributed by atoms with van der Waals surface area (Å²) in [7, 11) is 3.36. The van der Waals surface area contributed by atoms with Crippen molar-refractivity contribution in [1.82, 2.24) is 15.1 Å². The van der Waals surface area contributed by atoms with E-state index < -0.39 is 0 Å². The van der Waals surface area contributed by atoms with E-state index in [4.69, 9.17) is 0 Å². The molecule has 1 aromatic rings. The Hall–Kier alpha value is -1.65. The van der Waals surface area contributed by atoms with Gasteiger partial charge in [0.1, 0.15) is 0 Å². The second-order valence-electron chi connectivity index (χ2n) is 2.91. The highest BCUT2D eigenvalue weighted by Gasteiger charge is 2.05. The third kappa shape index (κ3) is 2.40. The maximum absolute atomic E-state index is 11.2. The molecule has 0 radical (unpaired) electrons. The molecule has 1 aromatic heterocycles. The highest BCUT2D eigenvalue weighted by atomic mass is 16.2. The van der Waals surface area contributed by atoms with Crippen LogP contribution in [0.1, 0.15) is 5.56 Å². The first-order valence-electron chi connectivity index (χ1n) is 3.87. The van der Waals surface area contributed by atoms with Gasteiger partial charge in [-0.25, -0.2) is 4.79 Å². The number of urea groups is 1. The van der Waals surface area contributed by atoms with Crippen LogP contribution in [-0.2, 0) is 0 Å². The van der Waals surface area contributed by atoms with Gasteiger partial charge < -0.3 is 10.2 Å². The average molecular weight is 180 g/mol. The molecule has 0 aliphatic carbocycles. The van der Waals surface area contributed by atoms with Gasteiger partial charge in [-0.1, -0.05) is 0 Å². The smallest absolute Gasteiger partial charge is 0.321 e. The molecular weight excluding hydrogens is 168 g/mol. The maximum Gasteiger partial charge on any atom is 0.321 e. The van der Waals surface area contributed by atoms with E-state index in [1.807, 2.05) is 6.92 Å². The van der Waals surface area contributed by atoms with Gasteiger partial charge in [-0.15, -0.1) is 0 Å². The molecule has 70 valence electrons. The molecule has 0 aliphatic heterocycles. The van der Waals surface area contributed by atoms with Gasteiger partial charge in [0, 0.05) is 14.1 Å². The minimum atomic E-state index is -0.170. The lowest BCUT2D eigenvalue weighted by atomic mass is 10.3. The normalized spacial score (nSPS) is 9.46. The quantitative estimate of drug-likeness (QED) is 0.697. The second-order valence-corrected chi connectivity index (χ2v) is 2.91. The molecule has 0 saturated heterocycles. The number of carbonyl (C=O) groups is 1. The van der Waals surface area contributed by atoms with E-state index in [-0.39, 0.29) is 6.03 Å².